The molecule has 0 aliphatic rings. The number of pyridine rings is 1. The molecule has 1 aromatic carbocycles. The van der Waals surface area contributed by atoms with Crippen LogP contribution in [0, 0.1) is 13.8 Å². The Balaban J connectivity index is 2.17. The standard InChI is InChI=1S/C19H22N2O4/c1-12-10-20-16(13(2)17(12)24-4)11-21(3)18(22)14-6-8-15(9-7-14)19(23)25-5/h6-10H,11H2,1-5H3. The van der Waals surface area contributed by atoms with E-state index in [2.05, 4.69) is 9.72 Å². The van der Waals surface area contributed by atoms with Gasteiger partial charge in [-0.2, -0.15) is 0 Å². The Hall–Kier alpha value is -2.89. The molecule has 1 amide bonds. The lowest BCUT2D eigenvalue weighted by atomic mass is 10.1. The maximum Gasteiger partial charge on any atom is 0.337 e. The van der Waals surface area contributed by atoms with Gasteiger partial charge in [0.05, 0.1) is 32.0 Å². The van der Waals surface area contributed by atoms with Crippen LogP contribution in [0.2, 0.25) is 0 Å². The summed E-state index contributed by atoms with van der Waals surface area (Å²) in [5, 5.41) is 0. The summed E-state index contributed by atoms with van der Waals surface area (Å²) in [6.45, 7) is 4.22. The third kappa shape index (κ3) is 3.96. The molecule has 1 aromatic heterocycles. The van der Waals surface area contributed by atoms with Crippen molar-refractivity contribution in [1.82, 2.24) is 9.88 Å². The molecule has 6 heteroatoms. The number of carbonyl (C=O) groups is 2. The SMILES string of the molecule is COC(=O)c1ccc(C(=O)N(C)Cc2ncc(C)c(OC)c2C)cc1. The van der Waals surface area contributed by atoms with Gasteiger partial charge in [0.25, 0.3) is 5.91 Å². The van der Waals surface area contributed by atoms with E-state index in [4.69, 9.17) is 4.74 Å². The molecule has 0 saturated carbocycles. The van der Waals surface area contributed by atoms with Crippen molar-refractivity contribution in [3.05, 3.63) is 58.4 Å². The Morgan fingerprint density at radius 1 is 1.08 bits per heavy atom. The predicted octanol–water partition coefficient (Wildman–Crippen LogP) is 2.77. The minimum absolute atomic E-state index is 0.155. The highest BCUT2D eigenvalue weighted by molar-refractivity contribution is 5.96. The topological polar surface area (TPSA) is 68.7 Å². The molecule has 0 atom stereocenters. The predicted molar refractivity (Wildman–Crippen MR) is 93.8 cm³/mol. The Bertz CT molecular complexity index is 785. The highest BCUT2D eigenvalue weighted by Crippen LogP contribution is 2.24. The zero-order valence-electron chi connectivity index (χ0n) is 15.1. The van der Waals surface area contributed by atoms with E-state index in [-0.39, 0.29) is 5.91 Å². The number of benzene rings is 1. The van der Waals surface area contributed by atoms with Gasteiger partial charge in [-0.25, -0.2) is 4.79 Å². The summed E-state index contributed by atoms with van der Waals surface area (Å²) in [6.07, 6.45) is 1.74. The summed E-state index contributed by atoms with van der Waals surface area (Å²) in [6, 6.07) is 6.37. The molecule has 0 fully saturated rings. The molecule has 0 aliphatic carbocycles. The maximum atomic E-state index is 12.6. The fourth-order valence-electron chi connectivity index (χ4n) is 2.61. The number of rotatable bonds is 5. The average Bonchev–Trinajstić information content (AvgIpc) is 2.63. The van der Waals surface area contributed by atoms with Crippen LogP contribution >= 0.6 is 0 Å². The van der Waals surface area contributed by atoms with Crippen LogP contribution in [0.4, 0.5) is 0 Å². The largest absolute Gasteiger partial charge is 0.496 e. The van der Waals surface area contributed by atoms with Crippen LogP contribution in [0.15, 0.2) is 30.5 Å². The molecule has 132 valence electrons. The minimum atomic E-state index is -0.432. The van der Waals surface area contributed by atoms with Crippen molar-refractivity contribution in [2.24, 2.45) is 0 Å². The first-order valence-corrected chi connectivity index (χ1v) is 7.82. The van der Waals surface area contributed by atoms with Gasteiger partial charge in [-0.05, 0) is 38.1 Å². The second-order valence-corrected chi connectivity index (χ2v) is 5.78. The van der Waals surface area contributed by atoms with Crippen LogP contribution in [0.1, 0.15) is 37.5 Å². The number of hydrogen-bond donors (Lipinski definition) is 0. The van der Waals surface area contributed by atoms with Gasteiger partial charge >= 0.3 is 5.97 Å². The molecule has 2 aromatic rings. The Labute approximate surface area is 147 Å². The molecular weight excluding hydrogens is 320 g/mol. The highest BCUT2D eigenvalue weighted by atomic mass is 16.5. The molecule has 1 heterocycles. The first kappa shape index (κ1) is 18.4. The summed E-state index contributed by atoms with van der Waals surface area (Å²) in [5.74, 6) is 0.198. The molecule has 0 unspecified atom stereocenters. The minimum Gasteiger partial charge on any atom is -0.496 e. The number of nitrogens with zero attached hydrogens (tertiary/aromatic N) is 2. The maximum absolute atomic E-state index is 12.6. The summed E-state index contributed by atoms with van der Waals surface area (Å²) in [7, 11) is 4.65. The zero-order chi connectivity index (χ0) is 18.6. The van der Waals surface area contributed by atoms with Crippen LogP contribution in [0.3, 0.4) is 0 Å². The Morgan fingerprint density at radius 3 is 2.24 bits per heavy atom. The van der Waals surface area contributed by atoms with Crippen LogP contribution in [0.25, 0.3) is 0 Å². The van der Waals surface area contributed by atoms with E-state index in [1.807, 2.05) is 13.8 Å². The first-order chi connectivity index (χ1) is 11.9. The number of esters is 1. The van der Waals surface area contributed by atoms with Gasteiger partial charge in [-0.3, -0.25) is 9.78 Å². The van der Waals surface area contributed by atoms with Gasteiger partial charge in [0.2, 0.25) is 0 Å². The van der Waals surface area contributed by atoms with Crippen LogP contribution in [0.5, 0.6) is 5.75 Å². The zero-order valence-corrected chi connectivity index (χ0v) is 15.1. The molecule has 6 nitrogen and oxygen atoms in total. The second kappa shape index (κ2) is 7.79. The lowest BCUT2D eigenvalue weighted by Gasteiger charge is -2.19. The van der Waals surface area contributed by atoms with Crippen molar-refractivity contribution in [2.45, 2.75) is 20.4 Å². The molecule has 25 heavy (non-hydrogen) atoms. The third-order valence-electron chi connectivity index (χ3n) is 4.04. The van der Waals surface area contributed by atoms with Gasteiger partial charge in [-0.1, -0.05) is 0 Å². The van der Waals surface area contributed by atoms with Crippen molar-refractivity contribution < 1.29 is 19.1 Å². The lowest BCUT2D eigenvalue weighted by Crippen LogP contribution is -2.27. The van der Waals surface area contributed by atoms with E-state index in [1.54, 1.807) is 49.5 Å². The normalized spacial score (nSPS) is 10.3. The molecule has 0 bridgehead atoms. The number of methoxy groups -OCH3 is 2. The van der Waals surface area contributed by atoms with Gasteiger partial charge in [0.15, 0.2) is 0 Å². The van der Waals surface area contributed by atoms with E-state index in [9.17, 15) is 9.59 Å². The van der Waals surface area contributed by atoms with Crippen LogP contribution in [-0.2, 0) is 11.3 Å². The number of ether oxygens (including phenoxy) is 2. The van der Waals surface area contributed by atoms with E-state index < -0.39 is 5.97 Å². The monoisotopic (exact) mass is 342 g/mol. The third-order valence-corrected chi connectivity index (χ3v) is 4.04. The van der Waals surface area contributed by atoms with E-state index >= 15 is 0 Å². The average molecular weight is 342 g/mol. The number of carbonyl (C=O) groups excluding carboxylic acids is 2. The van der Waals surface area contributed by atoms with Crippen LogP contribution < -0.4 is 4.74 Å². The molecule has 0 spiro atoms. The Kier molecular flexibility index (Phi) is 5.75. The van der Waals surface area contributed by atoms with Crippen LogP contribution in [-0.4, -0.2) is 43.0 Å². The second-order valence-electron chi connectivity index (χ2n) is 5.78. The van der Waals surface area contributed by atoms with Crippen molar-refractivity contribution in [1.29, 1.82) is 0 Å². The number of aromatic nitrogens is 1. The first-order valence-electron chi connectivity index (χ1n) is 7.82. The fraction of sp³-hybridized carbons (Fsp3) is 0.316. The highest BCUT2D eigenvalue weighted by Gasteiger charge is 2.17. The smallest absolute Gasteiger partial charge is 0.337 e. The summed E-state index contributed by atoms with van der Waals surface area (Å²) < 4.78 is 10.1. The van der Waals surface area contributed by atoms with Gasteiger partial charge in [-0.15, -0.1) is 0 Å². The van der Waals surface area contributed by atoms with E-state index in [0.29, 0.717) is 17.7 Å². The summed E-state index contributed by atoms with van der Waals surface area (Å²) in [5.41, 5.74) is 3.55. The molecule has 0 radical (unpaired) electrons. The van der Waals surface area contributed by atoms with Crippen molar-refractivity contribution >= 4 is 11.9 Å². The quantitative estimate of drug-likeness (QED) is 0.782. The summed E-state index contributed by atoms with van der Waals surface area (Å²) in [4.78, 5) is 30.0. The van der Waals surface area contributed by atoms with Crippen molar-refractivity contribution in [3.63, 3.8) is 0 Å². The molecule has 0 aliphatic heterocycles. The Morgan fingerprint density at radius 2 is 1.68 bits per heavy atom. The number of hydrogen-bond acceptors (Lipinski definition) is 5. The molecule has 2 rings (SSSR count). The number of aryl methyl sites for hydroxylation is 1. The molecule has 0 saturated heterocycles. The fourth-order valence-corrected chi connectivity index (χ4v) is 2.61. The lowest BCUT2D eigenvalue weighted by molar-refractivity contribution is 0.0600. The number of amides is 1. The van der Waals surface area contributed by atoms with Gasteiger partial charge in [0, 0.05) is 29.9 Å². The van der Waals surface area contributed by atoms with Gasteiger partial charge in [0.1, 0.15) is 5.75 Å². The molecular formula is C19H22N2O4. The van der Waals surface area contributed by atoms with Crippen molar-refractivity contribution in [2.75, 3.05) is 21.3 Å². The van der Waals surface area contributed by atoms with Crippen molar-refractivity contribution in [3.8, 4) is 5.75 Å². The van der Waals surface area contributed by atoms with E-state index in [0.717, 1.165) is 22.6 Å². The van der Waals surface area contributed by atoms with Gasteiger partial charge < -0.3 is 14.4 Å². The molecule has 0 N–H and O–H groups in total. The van der Waals surface area contributed by atoms with E-state index in [1.165, 1.54) is 7.11 Å². The summed E-state index contributed by atoms with van der Waals surface area (Å²) >= 11 is 0.